The Labute approximate surface area is 237 Å². The monoisotopic (exact) mass is 585 g/mol. The summed E-state index contributed by atoms with van der Waals surface area (Å²) in [5, 5.41) is 5.52. The number of hydrogen-bond donors (Lipinski definition) is 1. The zero-order chi connectivity index (χ0) is 28.1. The number of thiazole rings is 1. The van der Waals surface area contributed by atoms with Crippen molar-refractivity contribution in [1.82, 2.24) is 9.29 Å². The minimum Gasteiger partial charge on any atom is -0.490 e. The van der Waals surface area contributed by atoms with Gasteiger partial charge in [-0.1, -0.05) is 12.1 Å². The van der Waals surface area contributed by atoms with Gasteiger partial charge in [-0.3, -0.25) is 9.59 Å². The topological polar surface area (TPSA) is 124 Å². The van der Waals surface area contributed by atoms with E-state index in [2.05, 4.69) is 10.3 Å². The molecule has 0 radical (unpaired) electrons. The van der Waals surface area contributed by atoms with Crippen molar-refractivity contribution in [3.63, 3.8) is 0 Å². The van der Waals surface area contributed by atoms with Gasteiger partial charge in [0.15, 0.2) is 22.4 Å². The van der Waals surface area contributed by atoms with Gasteiger partial charge in [0.2, 0.25) is 10.0 Å². The van der Waals surface area contributed by atoms with E-state index >= 15 is 0 Å². The maximum atomic E-state index is 13.2. The molecule has 0 saturated carbocycles. The number of nitrogens with zero attached hydrogens (tertiary/aromatic N) is 2. The van der Waals surface area contributed by atoms with Crippen molar-refractivity contribution in [3.8, 4) is 22.8 Å². The van der Waals surface area contributed by atoms with E-state index < -0.39 is 10.0 Å². The Morgan fingerprint density at radius 3 is 2.65 bits per heavy atom. The predicted molar refractivity (Wildman–Crippen MR) is 151 cm³/mol. The fourth-order valence-electron chi connectivity index (χ4n) is 4.64. The molecule has 2 aliphatic heterocycles. The summed E-state index contributed by atoms with van der Waals surface area (Å²) in [7, 11) is -3.80. The van der Waals surface area contributed by atoms with Crippen molar-refractivity contribution in [2.45, 2.75) is 31.1 Å². The Kier molecular flexibility index (Phi) is 8.67. The summed E-state index contributed by atoms with van der Waals surface area (Å²) in [4.78, 5) is 29.6. The van der Waals surface area contributed by atoms with Crippen molar-refractivity contribution in [1.29, 1.82) is 0 Å². The molecule has 212 valence electrons. The van der Waals surface area contributed by atoms with Crippen LogP contribution < -0.4 is 14.8 Å². The largest absolute Gasteiger partial charge is 0.490 e. The fraction of sp³-hybridized carbons (Fsp3) is 0.393. The van der Waals surface area contributed by atoms with Gasteiger partial charge in [0.1, 0.15) is 0 Å². The number of piperidine rings is 1. The summed E-state index contributed by atoms with van der Waals surface area (Å²) in [6.45, 7) is 3.68. The average Bonchev–Trinajstić information content (AvgIpc) is 3.33. The lowest BCUT2D eigenvalue weighted by molar-refractivity contribution is -0.149. The Morgan fingerprint density at radius 2 is 1.88 bits per heavy atom. The lowest BCUT2D eigenvalue weighted by atomic mass is 9.98. The molecular weight excluding hydrogens is 554 g/mol. The van der Waals surface area contributed by atoms with Gasteiger partial charge < -0.3 is 19.5 Å². The Hall–Kier alpha value is -3.48. The van der Waals surface area contributed by atoms with Gasteiger partial charge in [0.05, 0.1) is 42.9 Å². The zero-order valence-corrected chi connectivity index (χ0v) is 23.8. The average molecular weight is 586 g/mol. The maximum absolute atomic E-state index is 13.2. The molecule has 1 aromatic heterocycles. The second kappa shape index (κ2) is 12.4. The third kappa shape index (κ3) is 6.29. The number of hydrogen-bond acceptors (Lipinski definition) is 10. The highest BCUT2D eigenvalue weighted by molar-refractivity contribution is 7.89. The predicted octanol–water partition coefficient (Wildman–Crippen LogP) is 4.23. The molecule has 0 spiro atoms. The number of carbonyl (C=O) groups is 2. The molecule has 0 aliphatic carbocycles. The number of sulfonamides is 1. The highest BCUT2D eigenvalue weighted by atomic mass is 32.2. The molecule has 5 rings (SSSR count). The van der Waals surface area contributed by atoms with Crippen LogP contribution in [0.4, 0.5) is 5.13 Å². The van der Waals surface area contributed by atoms with Crippen LogP contribution in [0.2, 0.25) is 0 Å². The van der Waals surface area contributed by atoms with Gasteiger partial charge in [0, 0.05) is 36.0 Å². The number of rotatable bonds is 9. The second-order valence-electron chi connectivity index (χ2n) is 9.48. The van der Waals surface area contributed by atoms with Crippen LogP contribution in [0.1, 0.15) is 36.5 Å². The number of aromatic nitrogens is 1. The van der Waals surface area contributed by atoms with Crippen LogP contribution in [0.15, 0.2) is 52.7 Å². The lowest BCUT2D eigenvalue weighted by Crippen LogP contribution is -2.40. The third-order valence-corrected chi connectivity index (χ3v) is 9.51. The first kappa shape index (κ1) is 28.1. The molecular formula is C28H31N3O7S2. The van der Waals surface area contributed by atoms with Gasteiger partial charge in [-0.15, -0.1) is 11.3 Å². The summed E-state index contributed by atoms with van der Waals surface area (Å²) in [6.07, 6.45) is 1.64. The van der Waals surface area contributed by atoms with E-state index in [1.54, 1.807) is 19.1 Å². The Morgan fingerprint density at radius 1 is 1.10 bits per heavy atom. The van der Waals surface area contributed by atoms with E-state index in [0.717, 1.165) is 17.7 Å². The van der Waals surface area contributed by atoms with Crippen molar-refractivity contribution in [3.05, 3.63) is 53.4 Å². The minimum absolute atomic E-state index is 0.0392. The van der Waals surface area contributed by atoms with Gasteiger partial charge in [-0.25, -0.2) is 13.4 Å². The van der Waals surface area contributed by atoms with Crippen molar-refractivity contribution >= 4 is 38.2 Å². The molecule has 1 fully saturated rings. The number of carbonyl (C=O) groups excluding carboxylic acids is 2. The van der Waals surface area contributed by atoms with Crippen LogP contribution in [0.25, 0.3) is 11.3 Å². The van der Waals surface area contributed by atoms with E-state index in [0.29, 0.717) is 49.3 Å². The molecule has 2 aliphatic rings. The molecule has 10 nitrogen and oxygen atoms in total. The smallest absolute Gasteiger partial charge is 0.309 e. The zero-order valence-electron chi connectivity index (χ0n) is 22.1. The summed E-state index contributed by atoms with van der Waals surface area (Å²) in [5.41, 5.74) is 1.91. The summed E-state index contributed by atoms with van der Waals surface area (Å²) in [5.74, 6) is 0.562. The van der Waals surface area contributed by atoms with Crippen LogP contribution >= 0.6 is 11.3 Å². The van der Waals surface area contributed by atoms with E-state index in [-0.39, 0.29) is 47.8 Å². The molecule has 1 saturated heterocycles. The highest BCUT2D eigenvalue weighted by Gasteiger charge is 2.33. The first-order valence-electron chi connectivity index (χ1n) is 13.2. The number of ketones is 1. The maximum Gasteiger partial charge on any atom is 0.309 e. The quantitative estimate of drug-likeness (QED) is 0.290. The molecule has 0 unspecified atom stereocenters. The van der Waals surface area contributed by atoms with E-state index in [1.165, 1.54) is 27.8 Å². The number of benzene rings is 2. The van der Waals surface area contributed by atoms with Crippen molar-refractivity contribution < 1.29 is 32.2 Å². The third-order valence-electron chi connectivity index (χ3n) is 6.82. The molecule has 1 N–H and O–H groups in total. The van der Waals surface area contributed by atoms with Gasteiger partial charge >= 0.3 is 5.97 Å². The van der Waals surface area contributed by atoms with Crippen molar-refractivity contribution in [2.24, 2.45) is 5.92 Å². The van der Waals surface area contributed by atoms with Crippen molar-refractivity contribution in [2.75, 3.05) is 44.8 Å². The van der Waals surface area contributed by atoms with E-state index in [1.807, 2.05) is 23.6 Å². The van der Waals surface area contributed by atoms with Crippen LogP contribution in [-0.4, -0.2) is 68.9 Å². The van der Waals surface area contributed by atoms with E-state index in [4.69, 9.17) is 14.2 Å². The second-order valence-corrected chi connectivity index (χ2v) is 12.3. The van der Waals surface area contributed by atoms with Crippen LogP contribution in [0, 0.1) is 5.92 Å². The van der Waals surface area contributed by atoms with Gasteiger partial charge in [0.25, 0.3) is 0 Å². The number of Topliss-reactive ketones (excluding diaryl/α,β-unsaturated/α-hetero) is 1. The van der Waals surface area contributed by atoms with E-state index in [9.17, 15) is 18.0 Å². The Bertz CT molecular complexity index is 1480. The Balaban J connectivity index is 1.20. The molecule has 0 bridgehead atoms. The summed E-state index contributed by atoms with van der Waals surface area (Å²) >= 11 is 1.37. The van der Waals surface area contributed by atoms with Gasteiger partial charge in [-0.2, -0.15) is 4.31 Å². The summed E-state index contributed by atoms with van der Waals surface area (Å²) in [6, 6.07) is 11.7. The molecule has 40 heavy (non-hydrogen) atoms. The molecule has 12 heteroatoms. The normalized spacial score (nSPS) is 16.2. The molecule has 3 heterocycles. The number of esters is 1. The SMILES string of the molecule is CCOC(=O)C1CCN(S(=O)(=O)c2cccc(C(=O)CNc3nc(-c4ccc5c(c4)OCCCO5)cs3)c2)CC1. The van der Waals surface area contributed by atoms with Crippen LogP contribution in [0.5, 0.6) is 11.5 Å². The number of anilines is 1. The molecule has 2 aromatic carbocycles. The standard InChI is InChI=1S/C28H31N3O7S2/c1-2-36-27(33)19-9-11-31(12-10-19)40(34,35)22-6-3-5-21(15-22)24(32)17-29-28-30-23(18-39-28)20-7-8-25-26(16-20)38-14-4-13-37-25/h3,5-8,15-16,18-19H,2,4,9-14,17H2,1H3,(H,29,30). The first-order valence-corrected chi connectivity index (χ1v) is 15.6. The molecule has 0 amide bonds. The fourth-order valence-corrected chi connectivity index (χ4v) is 6.87. The molecule has 3 aromatic rings. The lowest BCUT2D eigenvalue weighted by Gasteiger charge is -2.30. The minimum atomic E-state index is -3.80. The first-order chi connectivity index (χ1) is 19.3. The van der Waals surface area contributed by atoms with Crippen LogP contribution in [0.3, 0.4) is 0 Å². The number of nitrogens with one attached hydrogen (secondary N) is 1. The molecule has 0 atom stereocenters. The number of fused-ring (bicyclic) bond motifs is 1. The van der Waals surface area contributed by atoms with Crippen LogP contribution in [-0.2, 0) is 19.6 Å². The highest BCUT2D eigenvalue weighted by Crippen LogP contribution is 2.35. The van der Waals surface area contributed by atoms with Gasteiger partial charge in [-0.05, 0) is 50.1 Å². The summed E-state index contributed by atoms with van der Waals surface area (Å²) < 4.78 is 44.4. The number of ether oxygens (including phenoxy) is 3.